The number of carbonyl (C=O) groups is 1. The zero-order valence-electron chi connectivity index (χ0n) is 16.3. The maximum atomic E-state index is 12.6. The summed E-state index contributed by atoms with van der Waals surface area (Å²) in [7, 11) is 2.11. The highest BCUT2D eigenvalue weighted by molar-refractivity contribution is 5.76. The molecule has 0 aromatic heterocycles. The van der Waals surface area contributed by atoms with E-state index in [9.17, 15) is 4.79 Å². The molecule has 1 aliphatic heterocycles. The second-order valence-electron chi connectivity index (χ2n) is 9.02. The summed E-state index contributed by atoms with van der Waals surface area (Å²) in [4.78, 5) is 14.9. The number of hydrogen-bond acceptors (Lipinski definition) is 3. The molecule has 0 N–H and O–H groups in total. The average Bonchev–Trinajstić information content (AvgIpc) is 2.88. The SMILES string of the molecule is C[C@@H]1CCC[C@@]2(C)C[C@H]3OC(=O)[C@@H](CN(C)Cc4ccccc4)[C@@H]3C=C12. The van der Waals surface area contributed by atoms with Gasteiger partial charge in [0.05, 0.1) is 5.92 Å². The second kappa shape index (κ2) is 6.84. The number of ether oxygens (including phenoxy) is 1. The monoisotopic (exact) mass is 353 g/mol. The van der Waals surface area contributed by atoms with Gasteiger partial charge in [0.25, 0.3) is 0 Å². The fourth-order valence-corrected chi connectivity index (χ4v) is 5.55. The van der Waals surface area contributed by atoms with Crippen molar-refractivity contribution in [1.29, 1.82) is 0 Å². The Hall–Kier alpha value is -1.61. The minimum absolute atomic E-state index is 0.00617. The lowest BCUT2D eigenvalue weighted by Crippen LogP contribution is -2.40. The van der Waals surface area contributed by atoms with Crippen LogP contribution in [0.1, 0.15) is 45.1 Å². The van der Waals surface area contributed by atoms with E-state index in [4.69, 9.17) is 4.74 Å². The summed E-state index contributed by atoms with van der Waals surface area (Å²) in [5.41, 5.74) is 3.12. The van der Waals surface area contributed by atoms with E-state index >= 15 is 0 Å². The van der Waals surface area contributed by atoms with Gasteiger partial charge in [-0.2, -0.15) is 0 Å². The van der Waals surface area contributed by atoms with Crippen LogP contribution >= 0.6 is 0 Å². The van der Waals surface area contributed by atoms with Crippen molar-refractivity contribution >= 4 is 5.97 Å². The molecule has 5 atom stereocenters. The molecule has 26 heavy (non-hydrogen) atoms. The van der Waals surface area contributed by atoms with Crippen LogP contribution in [0, 0.1) is 23.2 Å². The summed E-state index contributed by atoms with van der Waals surface area (Å²) in [6, 6.07) is 10.5. The van der Waals surface area contributed by atoms with Gasteiger partial charge in [-0.1, -0.05) is 62.2 Å². The number of allylic oxidation sites excluding steroid dienone is 1. The molecule has 3 heteroatoms. The number of hydrogen-bond donors (Lipinski definition) is 0. The molecule has 3 nitrogen and oxygen atoms in total. The predicted molar refractivity (Wildman–Crippen MR) is 103 cm³/mol. The van der Waals surface area contributed by atoms with Crippen molar-refractivity contribution in [2.45, 2.75) is 52.2 Å². The number of carbonyl (C=O) groups excluding carboxylic acids is 1. The van der Waals surface area contributed by atoms with E-state index in [0.717, 1.165) is 19.5 Å². The van der Waals surface area contributed by atoms with Crippen LogP contribution in [0.3, 0.4) is 0 Å². The Balaban J connectivity index is 1.51. The van der Waals surface area contributed by atoms with E-state index in [1.54, 1.807) is 5.57 Å². The molecule has 1 aromatic rings. The average molecular weight is 354 g/mol. The third-order valence-corrected chi connectivity index (χ3v) is 6.89. The molecule has 0 amide bonds. The van der Waals surface area contributed by atoms with E-state index in [2.05, 4.69) is 56.1 Å². The van der Waals surface area contributed by atoms with Crippen molar-refractivity contribution in [3.63, 3.8) is 0 Å². The number of nitrogens with zero attached hydrogens (tertiary/aromatic N) is 1. The topological polar surface area (TPSA) is 29.5 Å². The summed E-state index contributed by atoms with van der Waals surface area (Å²) < 4.78 is 5.87. The summed E-state index contributed by atoms with van der Waals surface area (Å²) >= 11 is 0. The normalized spacial score (nSPS) is 36.3. The molecule has 1 saturated heterocycles. The second-order valence-corrected chi connectivity index (χ2v) is 9.02. The molecule has 0 bridgehead atoms. The summed E-state index contributed by atoms with van der Waals surface area (Å²) in [5.74, 6) is 0.879. The van der Waals surface area contributed by atoms with Crippen LogP contribution in [-0.2, 0) is 16.1 Å². The lowest BCUT2D eigenvalue weighted by atomic mass is 9.59. The first kappa shape index (κ1) is 17.8. The third kappa shape index (κ3) is 3.22. The van der Waals surface area contributed by atoms with E-state index in [1.165, 1.54) is 24.8 Å². The molecule has 1 saturated carbocycles. The van der Waals surface area contributed by atoms with Gasteiger partial charge in [0.15, 0.2) is 0 Å². The van der Waals surface area contributed by atoms with Crippen LogP contribution in [0.2, 0.25) is 0 Å². The zero-order chi connectivity index (χ0) is 18.3. The number of rotatable bonds is 4. The molecule has 4 rings (SSSR count). The highest BCUT2D eigenvalue weighted by Crippen LogP contribution is 2.53. The predicted octanol–water partition coefficient (Wildman–Crippen LogP) is 4.43. The molecule has 140 valence electrons. The number of esters is 1. The molecule has 0 unspecified atom stereocenters. The maximum Gasteiger partial charge on any atom is 0.311 e. The highest BCUT2D eigenvalue weighted by atomic mass is 16.6. The van der Waals surface area contributed by atoms with Crippen molar-refractivity contribution in [2.24, 2.45) is 23.2 Å². The number of fused-ring (bicyclic) bond motifs is 2. The minimum Gasteiger partial charge on any atom is -0.461 e. The van der Waals surface area contributed by atoms with E-state index in [0.29, 0.717) is 5.92 Å². The quantitative estimate of drug-likeness (QED) is 0.592. The number of benzene rings is 1. The zero-order valence-corrected chi connectivity index (χ0v) is 16.3. The Kier molecular flexibility index (Phi) is 4.68. The summed E-state index contributed by atoms with van der Waals surface area (Å²) in [6.45, 7) is 6.38. The van der Waals surface area contributed by atoms with Gasteiger partial charge in [-0.05, 0) is 43.2 Å². The largest absolute Gasteiger partial charge is 0.461 e. The summed E-state index contributed by atoms with van der Waals surface area (Å²) in [6.07, 6.45) is 7.36. The van der Waals surface area contributed by atoms with Gasteiger partial charge in [0, 0.05) is 19.0 Å². The fraction of sp³-hybridized carbons (Fsp3) is 0.609. The molecule has 1 aromatic carbocycles. The van der Waals surface area contributed by atoms with E-state index < -0.39 is 0 Å². The van der Waals surface area contributed by atoms with Crippen LogP contribution in [0.5, 0.6) is 0 Å². The van der Waals surface area contributed by atoms with Gasteiger partial charge in [-0.25, -0.2) is 0 Å². The Morgan fingerprint density at radius 1 is 1.27 bits per heavy atom. The van der Waals surface area contributed by atoms with Gasteiger partial charge in [0.2, 0.25) is 0 Å². The minimum atomic E-state index is -0.0279. The Morgan fingerprint density at radius 3 is 2.81 bits per heavy atom. The standard InChI is InChI=1S/C23H31NO2/c1-16-8-7-11-23(2)13-21-18(12-20(16)23)19(22(25)26-21)15-24(3)14-17-9-5-4-6-10-17/h4-6,9-10,12,16,18-19,21H,7-8,11,13-15H2,1-3H3/t16-,18+,19+,21-,23+/m1/s1. The smallest absolute Gasteiger partial charge is 0.311 e. The van der Waals surface area contributed by atoms with Crippen LogP contribution < -0.4 is 0 Å². The van der Waals surface area contributed by atoms with Crippen molar-refractivity contribution in [3.05, 3.63) is 47.5 Å². The highest BCUT2D eigenvalue weighted by Gasteiger charge is 2.51. The molecule has 1 heterocycles. The van der Waals surface area contributed by atoms with Gasteiger partial charge < -0.3 is 9.64 Å². The van der Waals surface area contributed by atoms with Gasteiger partial charge in [0.1, 0.15) is 6.10 Å². The lowest BCUT2D eigenvalue weighted by Gasteiger charge is -2.46. The van der Waals surface area contributed by atoms with Crippen molar-refractivity contribution < 1.29 is 9.53 Å². The molecular formula is C23H31NO2. The van der Waals surface area contributed by atoms with Crippen LogP contribution in [0.4, 0.5) is 0 Å². The van der Waals surface area contributed by atoms with Crippen molar-refractivity contribution in [1.82, 2.24) is 4.90 Å². The third-order valence-electron chi connectivity index (χ3n) is 6.89. The Bertz CT molecular complexity index is 697. The fourth-order valence-electron chi connectivity index (χ4n) is 5.55. The lowest BCUT2D eigenvalue weighted by molar-refractivity contribution is -0.145. The van der Waals surface area contributed by atoms with Gasteiger partial charge >= 0.3 is 5.97 Å². The molecule has 3 aliphatic rings. The molecule has 0 spiro atoms. The molecule has 2 fully saturated rings. The molecule has 2 aliphatic carbocycles. The van der Waals surface area contributed by atoms with Crippen LogP contribution in [0.15, 0.2) is 42.0 Å². The Morgan fingerprint density at radius 2 is 2.04 bits per heavy atom. The maximum absolute atomic E-state index is 12.6. The van der Waals surface area contributed by atoms with Gasteiger partial charge in [-0.3, -0.25) is 4.79 Å². The summed E-state index contributed by atoms with van der Waals surface area (Å²) in [5, 5.41) is 0. The first-order chi connectivity index (χ1) is 12.5. The van der Waals surface area contributed by atoms with Crippen LogP contribution in [0.25, 0.3) is 0 Å². The molecular weight excluding hydrogens is 322 g/mol. The molecule has 0 radical (unpaired) electrons. The van der Waals surface area contributed by atoms with Crippen molar-refractivity contribution in [3.8, 4) is 0 Å². The first-order valence-corrected chi connectivity index (χ1v) is 10.1. The first-order valence-electron chi connectivity index (χ1n) is 10.1. The van der Waals surface area contributed by atoms with E-state index in [-0.39, 0.29) is 29.3 Å². The Labute approximate surface area is 157 Å². The van der Waals surface area contributed by atoms with Crippen LogP contribution in [-0.4, -0.2) is 30.6 Å². The van der Waals surface area contributed by atoms with Crippen molar-refractivity contribution in [2.75, 3.05) is 13.6 Å². The van der Waals surface area contributed by atoms with E-state index in [1.807, 2.05) is 6.07 Å². The van der Waals surface area contributed by atoms with Gasteiger partial charge in [-0.15, -0.1) is 0 Å².